The Labute approximate surface area is 224 Å². The van der Waals surface area contributed by atoms with Crippen LogP contribution in [0.2, 0.25) is 0 Å². The van der Waals surface area contributed by atoms with Crippen molar-refractivity contribution in [2.75, 3.05) is 11.4 Å². The topological polar surface area (TPSA) is 69.3 Å². The van der Waals surface area contributed by atoms with Crippen LogP contribution >= 0.6 is 0 Å². The normalized spacial score (nSPS) is 16.6. The monoisotopic (exact) mass is 532 g/mol. The van der Waals surface area contributed by atoms with Crippen LogP contribution in [0.25, 0.3) is 0 Å². The van der Waals surface area contributed by atoms with Gasteiger partial charge >= 0.3 is 0 Å². The van der Waals surface area contributed by atoms with Gasteiger partial charge in [0.05, 0.1) is 23.3 Å². The van der Waals surface area contributed by atoms with Gasteiger partial charge in [-0.1, -0.05) is 48.0 Å². The maximum absolute atomic E-state index is 13.6. The van der Waals surface area contributed by atoms with Crippen molar-refractivity contribution in [2.45, 2.75) is 57.1 Å². The number of H-pyrrole nitrogens is 1. The molecule has 1 aromatic heterocycles. The van der Waals surface area contributed by atoms with Gasteiger partial charge in [0.25, 0.3) is 0 Å². The lowest BCUT2D eigenvalue weighted by molar-refractivity contribution is 0.361. The number of nitrogens with one attached hydrogen (secondary N) is 1. The number of hydrogen-bond acceptors (Lipinski definition) is 4. The summed E-state index contributed by atoms with van der Waals surface area (Å²) >= 11 is 0. The molecule has 38 heavy (non-hydrogen) atoms. The molecule has 4 aromatic rings. The molecule has 8 heteroatoms. The van der Waals surface area contributed by atoms with E-state index in [-0.39, 0.29) is 17.5 Å². The second-order valence-corrected chi connectivity index (χ2v) is 12.0. The molecule has 0 saturated carbocycles. The number of para-hydroxylation sites is 1. The van der Waals surface area contributed by atoms with Gasteiger partial charge in [-0.15, -0.1) is 0 Å². The van der Waals surface area contributed by atoms with E-state index in [1.165, 1.54) is 39.7 Å². The van der Waals surface area contributed by atoms with Crippen LogP contribution in [0.3, 0.4) is 0 Å². The number of aryl methyl sites for hydroxylation is 3. The molecule has 0 radical (unpaired) electrons. The van der Waals surface area contributed by atoms with E-state index in [4.69, 9.17) is 0 Å². The first-order valence-corrected chi connectivity index (χ1v) is 14.4. The lowest BCUT2D eigenvalue weighted by Crippen LogP contribution is -2.43. The van der Waals surface area contributed by atoms with E-state index in [1.54, 1.807) is 0 Å². The van der Waals surface area contributed by atoms with E-state index >= 15 is 0 Å². The van der Waals surface area contributed by atoms with Gasteiger partial charge in [0.15, 0.2) is 0 Å². The van der Waals surface area contributed by atoms with E-state index in [9.17, 15) is 12.8 Å². The minimum absolute atomic E-state index is 0.0893. The number of fused-ring (bicyclic) bond motifs is 1. The molecule has 0 amide bonds. The highest BCUT2D eigenvalue weighted by atomic mass is 32.2. The van der Waals surface area contributed by atoms with Gasteiger partial charge in [-0.3, -0.25) is 0 Å². The molecule has 5 rings (SSSR count). The predicted molar refractivity (Wildman–Crippen MR) is 148 cm³/mol. The third-order valence-electron chi connectivity index (χ3n) is 7.20. The van der Waals surface area contributed by atoms with Crippen molar-refractivity contribution in [1.82, 2.24) is 14.3 Å². The third-order valence-corrected chi connectivity index (χ3v) is 9.06. The Balaban J connectivity index is 1.51. The van der Waals surface area contributed by atoms with Crippen LogP contribution in [0.15, 0.2) is 83.9 Å². The number of hydrogen-bond donors (Lipinski definition) is 1. The summed E-state index contributed by atoms with van der Waals surface area (Å²) < 4.78 is 42.4. The highest BCUT2D eigenvalue weighted by Gasteiger charge is 2.31. The summed E-state index contributed by atoms with van der Waals surface area (Å²) in [6.07, 6.45) is 4.29. The van der Waals surface area contributed by atoms with Gasteiger partial charge in [-0.05, 0) is 74.6 Å². The Morgan fingerprint density at radius 3 is 2.55 bits per heavy atom. The number of sulfonamides is 1. The van der Waals surface area contributed by atoms with Crippen LogP contribution in [0, 0.1) is 19.7 Å². The molecule has 6 nitrogen and oxygen atoms in total. The fourth-order valence-corrected chi connectivity index (χ4v) is 6.68. The number of halogens is 1. The summed E-state index contributed by atoms with van der Waals surface area (Å²) in [4.78, 5) is 10.3. The predicted octanol–water partition coefficient (Wildman–Crippen LogP) is 5.77. The molecule has 3 aromatic carbocycles. The Morgan fingerprint density at radius 1 is 1.03 bits per heavy atom. The van der Waals surface area contributed by atoms with Crippen molar-refractivity contribution in [2.24, 2.45) is 0 Å². The molecule has 0 saturated heterocycles. The molecule has 198 valence electrons. The fourth-order valence-electron chi connectivity index (χ4n) is 5.25. The van der Waals surface area contributed by atoms with E-state index in [1.807, 2.05) is 31.3 Å². The van der Waals surface area contributed by atoms with Crippen LogP contribution in [0.4, 0.5) is 10.1 Å². The van der Waals surface area contributed by atoms with E-state index in [0.717, 1.165) is 35.6 Å². The number of aromatic nitrogens is 2. The molecule has 1 aliphatic rings. The number of benzene rings is 3. The zero-order valence-corrected chi connectivity index (χ0v) is 22.6. The molecule has 1 aliphatic heterocycles. The van der Waals surface area contributed by atoms with Crippen LogP contribution in [-0.2, 0) is 29.5 Å². The van der Waals surface area contributed by atoms with Gasteiger partial charge in [-0.25, -0.2) is 17.8 Å². The average molecular weight is 533 g/mol. The first-order chi connectivity index (χ1) is 18.3. The summed E-state index contributed by atoms with van der Waals surface area (Å²) in [6.45, 7) is 5.31. The van der Waals surface area contributed by atoms with Crippen LogP contribution in [-0.4, -0.2) is 35.3 Å². The molecule has 1 unspecified atom stereocenters. The quantitative estimate of drug-likeness (QED) is 0.328. The van der Waals surface area contributed by atoms with Gasteiger partial charge in [0, 0.05) is 24.8 Å². The fraction of sp³-hybridized carbons (Fsp3) is 0.300. The Morgan fingerprint density at radius 2 is 1.82 bits per heavy atom. The zero-order chi connectivity index (χ0) is 26.7. The first-order valence-electron chi connectivity index (χ1n) is 13.0. The summed E-state index contributed by atoms with van der Waals surface area (Å²) in [5.41, 5.74) is 5.48. The number of rotatable bonds is 7. The van der Waals surface area contributed by atoms with Gasteiger partial charge in [0.1, 0.15) is 11.6 Å². The number of nitrogens with zero attached hydrogens (tertiary/aromatic N) is 3. The van der Waals surface area contributed by atoms with Gasteiger partial charge in [0.2, 0.25) is 10.0 Å². The molecular formula is C30H33FN4O2S. The molecule has 0 aliphatic carbocycles. The minimum Gasteiger partial charge on any atom is -0.362 e. The highest BCUT2D eigenvalue weighted by molar-refractivity contribution is 7.89. The molecule has 0 fully saturated rings. The smallest absolute Gasteiger partial charge is 0.243 e. The maximum atomic E-state index is 13.6. The van der Waals surface area contributed by atoms with E-state index in [2.05, 4.69) is 52.1 Å². The summed E-state index contributed by atoms with van der Waals surface area (Å²) in [6, 6.07) is 21.7. The van der Waals surface area contributed by atoms with Gasteiger partial charge < -0.3 is 9.88 Å². The molecule has 0 spiro atoms. The summed E-state index contributed by atoms with van der Waals surface area (Å²) in [5.74, 6) is 0.413. The SMILES string of the molecule is Cc1cccc(CCC2CCN(S(=O)(=O)c3ccc(F)cc3)Cc3ccccc3N2Cc2cnc(C)[nH]2)c1. The van der Waals surface area contributed by atoms with Crippen molar-refractivity contribution in [3.63, 3.8) is 0 Å². The maximum Gasteiger partial charge on any atom is 0.243 e. The zero-order valence-electron chi connectivity index (χ0n) is 21.8. The van der Waals surface area contributed by atoms with Crippen LogP contribution < -0.4 is 4.90 Å². The van der Waals surface area contributed by atoms with Crippen molar-refractivity contribution >= 4 is 15.7 Å². The molecule has 2 heterocycles. The highest BCUT2D eigenvalue weighted by Crippen LogP contribution is 2.33. The number of aromatic amines is 1. The Kier molecular flexibility index (Phi) is 7.63. The average Bonchev–Trinajstić information content (AvgIpc) is 3.31. The molecule has 0 bridgehead atoms. The molecule has 1 N–H and O–H groups in total. The van der Waals surface area contributed by atoms with Crippen molar-refractivity contribution in [3.05, 3.63) is 113 Å². The van der Waals surface area contributed by atoms with Gasteiger partial charge in [-0.2, -0.15) is 4.31 Å². The van der Waals surface area contributed by atoms with Crippen molar-refractivity contribution in [3.8, 4) is 0 Å². The first kappa shape index (κ1) is 26.1. The standard InChI is InChI=1S/C30H33FN4O2S/c1-22-6-5-7-24(18-22)10-13-28-16-17-34(38(36,37)29-14-11-26(31)12-15-29)20-25-8-3-4-9-30(25)35(28)21-27-19-32-23(2)33-27/h3-9,11-12,14-15,18-19,28H,10,13,16-17,20-21H2,1-2H3,(H,32,33). The van der Waals surface area contributed by atoms with Crippen LogP contribution in [0.5, 0.6) is 0 Å². The Hall–Kier alpha value is -3.49. The largest absolute Gasteiger partial charge is 0.362 e. The lowest BCUT2D eigenvalue weighted by atomic mass is 9.97. The van der Waals surface area contributed by atoms with Crippen LogP contribution in [0.1, 0.15) is 41.1 Å². The number of anilines is 1. The second kappa shape index (κ2) is 11.1. The molecular weight excluding hydrogens is 499 g/mol. The van der Waals surface area contributed by atoms with Crippen molar-refractivity contribution < 1.29 is 12.8 Å². The lowest BCUT2D eigenvalue weighted by Gasteiger charge is -2.39. The summed E-state index contributed by atoms with van der Waals surface area (Å²) in [5, 5.41) is 0. The number of imidazole rings is 1. The van der Waals surface area contributed by atoms with E-state index < -0.39 is 15.8 Å². The Bertz CT molecular complexity index is 1500. The minimum atomic E-state index is -3.80. The third kappa shape index (κ3) is 5.81. The van der Waals surface area contributed by atoms with E-state index in [0.29, 0.717) is 19.5 Å². The summed E-state index contributed by atoms with van der Waals surface area (Å²) in [7, 11) is -3.80. The van der Waals surface area contributed by atoms with Crippen molar-refractivity contribution in [1.29, 1.82) is 0 Å². The second-order valence-electron chi connectivity index (χ2n) is 10.0. The molecule has 1 atom stereocenters.